The summed E-state index contributed by atoms with van der Waals surface area (Å²) in [7, 11) is 0. The predicted molar refractivity (Wildman–Crippen MR) is 64.7 cm³/mol. The maximum absolute atomic E-state index is 11.7. The largest absolute Gasteiger partial charge is 0.326 e. The number of benzene rings is 1. The van der Waals surface area contributed by atoms with Crippen LogP contribution < -0.4 is 5.56 Å². The third-order valence-electron chi connectivity index (χ3n) is 2.04. The maximum atomic E-state index is 11.7. The first kappa shape index (κ1) is 9.93. The lowest BCUT2D eigenvalue weighted by atomic mass is 10.1. The molecule has 0 unspecified atom stereocenters. The summed E-state index contributed by atoms with van der Waals surface area (Å²) in [5.74, 6) is 0. The molecule has 0 fully saturated rings. The molecule has 1 heterocycles. The van der Waals surface area contributed by atoms with Gasteiger partial charge in [0.15, 0.2) is 0 Å². The lowest BCUT2D eigenvalue weighted by molar-refractivity contribution is 1.17. The minimum atomic E-state index is -0.0619. The van der Waals surface area contributed by atoms with E-state index in [-0.39, 0.29) is 5.56 Å². The first-order valence-corrected chi connectivity index (χ1v) is 5.66. The molecule has 2 nitrogen and oxygen atoms in total. The van der Waals surface area contributed by atoms with Gasteiger partial charge in [0.05, 0.1) is 5.39 Å². The molecule has 2 aromatic rings. The average molecular weight is 317 g/mol. The van der Waals surface area contributed by atoms with Crippen molar-refractivity contribution in [2.45, 2.75) is 6.92 Å². The van der Waals surface area contributed by atoms with Crippen molar-refractivity contribution in [3.05, 3.63) is 43.2 Å². The highest BCUT2D eigenvalue weighted by atomic mass is 79.9. The van der Waals surface area contributed by atoms with Gasteiger partial charge in [-0.05, 0) is 41.1 Å². The summed E-state index contributed by atoms with van der Waals surface area (Å²) in [6, 6.07) is 5.73. The highest BCUT2D eigenvalue weighted by molar-refractivity contribution is 9.11. The summed E-state index contributed by atoms with van der Waals surface area (Å²) in [6.45, 7) is 1.87. The van der Waals surface area contributed by atoms with Gasteiger partial charge in [0, 0.05) is 20.0 Å². The van der Waals surface area contributed by atoms with E-state index in [1.807, 2.05) is 25.1 Å². The molecule has 0 aliphatic heterocycles. The molecular formula is C10H7Br2NO. The second-order valence-electron chi connectivity index (χ2n) is 3.10. The summed E-state index contributed by atoms with van der Waals surface area (Å²) >= 11 is 6.79. The Morgan fingerprint density at radius 2 is 1.86 bits per heavy atom. The Kier molecular flexibility index (Phi) is 2.49. The van der Waals surface area contributed by atoms with Gasteiger partial charge < -0.3 is 4.98 Å². The Bertz CT molecular complexity index is 560. The minimum absolute atomic E-state index is 0.0619. The van der Waals surface area contributed by atoms with Crippen LogP contribution in [0.15, 0.2) is 31.9 Å². The first-order chi connectivity index (χ1) is 6.59. The third-order valence-corrected chi connectivity index (χ3v) is 3.39. The predicted octanol–water partition coefficient (Wildman–Crippen LogP) is 3.36. The zero-order valence-electron chi connectivity index (χ0n) is 7.40. The molecule has 1 aromatic heterocycles. The van der Waals surface area contributed by atoms with E-state index in [2.05, 4.69) is 36.8 Å². The van der Waals surface area contributed by atoms with E-state index in [1.165, 1.54) is 0 Å². The van der Waals surface area contributed by atoms with Crippen molar-refractivity contribution in [3.8, 4) is 0 Å². The van der Waals surface area contributed by atoms with Crippen LogP contribution in [0.3, 0.4) is 0 Å². The van der Waals surface area contributed by atoms with Crippen LogP contribution in [-0.2, 0) is 0 Å². The van der Waals surface area contributed by atoms with E-state index in [9.17, 15) is 4.79 Å². The van der Waals surface area contributed by atoms with Crippen LogP contribution >= 0.6 is 31.9 Å². The number of pyridine rings is 1. The van der Waals surface area contributed by atoms with Crippen molar-refractivity contribution in [2.75, 3.05) is 0 Å². The van der Waals surface area contributed by atoms with Gasteiger partial charge in [-0.1, -0.05) is 15.9 Å². The number of H-pyrrole nitrogens is 1. The highest BCUT2D eigenvalue weighted by Gasteiger charge is 2.06. The number of nitrogens with one attached hydrogen (secondary N) is 1. The van der Waals surface area contributed by atoms with Crippen molar-refractivity contribution in [1.82, 2.24) is 4.98 Å². The number of aryl methyl sites for hydroxylation is 1. The van der Waals surface area contributed by atoms with Crippen molar-refractivity contribution < 1.29 is 0 Å². The van der Waals surface area contributed by atoms with E-state index in [1.54, 1.807) is 0 Å². The number of aromatic nitrogens is 1. The quantitative estimate of drug-likeness (QED) is 0.794. The topological polar surface area (TPSA) is 32.9 Å². The van der Waals surface area contributed by atoms with Crippen molar-refractivity contribution in [3.63, 3.8) is 0 Å². The zero-order valence-corrected chi connectivity index (χ0v) is 10.6. The number of rotatable bonds is 0. The van der Waals surface area contributed by atoms with Gasteiger partial charge in [0.1, 0.15) is 0 Å². The summed E-state index contributed by atoms with van der Waals surface area (Å²) in [5.41, 5.74) is 0.800. The van der Waals surface area contributed by atoms with Crippen molar-refractivity contribution in [2.24, 2.45) is 0 Å². The Hall–Kier alpha value is -0.610. The van der Waals surface area contributed by atoms with Gasteiger partial charge in [-0.25, -0.2) is 0 Å². The molecular weight excluding hydrogens is 310 g/mol. The molecule has 0 bridgehead atoms. The van der Waals surface area contributed by atoms with Gasteiger partial charge in [-0.15, -0.1) is 0 Å². The summed E-state index contributed by atoms with van der Waals surface area (Å²) in [4.78, 5) is 14.4. The van der Waals surface area contributed by atoms with Crippen LogP contribution in [0.1, 0.15) is 5.69 Å². The molecule has 4 heteroatoms. The molecule has 0 saturated heterocycles. The van der Waals surface area contributed by atoms with Crippen LogP contribution in [0.5, 0.6) is 0 Å². The van der Waals surface area contributed by atoms with Gasteiger partial charge in [-0.3, -0.25) is 4.79 Å². The van der Waals surface area contributed by atoms with E-state index >= 15 is 0 Å². The van der Waals surface area contributed by atoms with Gasteiger partial charge >= 0.3 is 0 Å². The smallest absolute Gasteiger partial charge is 0.257 e. The molecule has 0 atom stereocenters. The van der Waals surface area contributed by atoms with Gasteiger partial charge in [0.2, 0.25) is 0 Å². The third kappa shape index (κ3) is 1.53. The molecule has 0 aliphatic carbocycles. The van der Waals surface area contributed by atoms with Crippen molar-refractivity contribution >= 4 is 42.6 Å². The fourth-order valence-corrected chi connectivity index (χ4v) is 2.40. The van der Waals surface area contributed by atoms with E-state index < -0.39 is 0 Å². The first-order valence-electron chi connectivity index (χ1n) is 4.07. The molecule has 1 N–H and O–H groups in total. The molecule has 2 rings (SSSR count). The number of fused-ring (bicyclic) bond motifs is 1. The molecule has 1 aromatic carbocycles. The highest BCUT2D eigenvalue weighted by Crippen LogP contribution is 2.27. The zero-order chi connectivity index (χ0) is 10.3. The van der Waals surface area contributed by atoms with Crippen LogP contribution in [-0.4, -0.2) is 4.98 Å². The molecule has 14 heavy (non-hydrogen) atoms. The number of hydrogen-bond acceptors (Lipinski definition) is 1. The summed E-state index contributed by atoms with van der Waals surface area (Å²) in [5, 5.41) is 1.62. The van der Waals surface area contributed by atoms with E-state index in [0.29, 0.717) is 5.39 Å². The van der Waals surface area contributed by atoms with E-state index in [4.69, 9.17) is 0 Å². The lowest BCUT2D eigenvalue weighted by Gasteiger charge is -2.03. The van der Waals surface area contributed by atoms with Crippen LogP contribution in [0.25, 0.3) is 10.8 Å². The Balaban J connectivity index is 3.08. The molecule has 0 amide bonds. The Labute approximate surface area is 97.6 Å². The standard InChI is InChI=1S/C10H7Br2NO/c1-5-4-6-7(11)2-3-8(12)9(6)10(14)13-5/h2-4H,1H3,(H,13,14). The number of hydrogen-bond donors (Lipinski definition) is 1. The second-order valence-corrected chi connectivity index (χ2v) is 4.81. The van der Waals surface area contributed by atoms with Crippen LogP contribution in [0.4, 0.5) is 0 Å². The SMILES string of the molecule is Cc1cc2c(Br)ccc(Br)c2c(=O)[nH]1. The van der Waals surface area contributed by atoms with Crippen LogP contribution in [0, 0.1) is 6.92 Å². The Morgan fingerprint density at radius 3 is 2.57 bits per heavy atom. The lowest BCUT2D eigenvalue weighted by Crippen LogP contribution is -2.08. The second kappa shape index (κ2) is 3.51. The monoisotopic (exact) mass is 315 g/mol. The van der Waals surface area contributed by atoms with Crippen LogP contribution in [0.2, 0.25) is 0 Å². The minimum Gasteiger partial charge on any atom is -0.326 e. The normalized spacial score (nSPS) is 10.8. The van der Waals surface area contributed by atoms with Gasteiger partial charge in [0.25, 0.3) is 5.56 Å². The fraction of sp³-hybridized carbons (Fsp3) is 0.100. The maximum Gasteiger partial charge on any atom is 0.257 e. The summed E-state index contributed by atoms with van der Waals surface area (Å²) in [6.07, 6.45) is 0. The molecule has 0 saturated carbocycles. The van der Waals surface area contributed by atoms with Crippen molar-refractivity contribution in [1.29, 1.82) is 0 Å². The average Bonchev–Trinajstić information content (AvgIpc) is 2.10. The van der Waals surface area contributed by atoms with Gasteiger partial charge in [-0.2, -0.15) is 0 Å². The Morgan fingerprint density at radius 1 is 1.21 bits per heavy atom. The molecule has 0 spiro atoms. The van der Waals surface area contributed by atoms with E-state index in [0.717, 1.165) is 20.0 Å². The number of aromatic amines is 1. The molecule has 72 valence electrons. The number of halogens is 2. The molecule has 0 radical (unpaired) electrons. The fourth-order valence-electron chi connectivity index (χ4n) is 1.43. The summed E-state index contributed by atoms with van der Waals surface area (Å²) < 4.78 is 1.75. The molecule has 0 aliphatic rings.